The van der Waals surface area contributed by atoms with Gasteiger partial charge in [-0.15, -0.1) is 0 Å². The molecule has 7 nitrogen and oxygen atoms in total. The third-order valence-electron chi connectivity index (χ3n) is 3.79. The van der Waals surface area contributed by atoms with Crippen molar-refractivity contribution in [1.82, 2.24) is 10.2 Å². The molecule has 2 N–H and O–H groups in total. The van der Waals surface area contributed by atoms with Crippen LogP contribution in [0.1, 0.15) is 12.7 Å². The monoisotopic (exact) mass is 381 g/mol. The molecule has 1 atom stereocenters. The topological polar surface area (TPSA) is 91.7 Å². The molecule has 1 saturated heterocycles. The maximum absolute atomic E-state index is 12.6. The molecule has 1 aromatic carbocycles. The third kappa shape index (κ3) is 3.20. The average molecular weight is 382 g/mol. The van der Waals surface area contributed by atoms with Crippen LogP contribution in [-0.2, 0) is 15.1 Å². The third-order valence-corrected chi connectivity index (χ3v) is 4.53. The van der Waals surface area contributed by atoms with Gasteiger partial charge in [0, 0.05) is 5.69 Å². The van der Waals surface area contributed by atoms with Crippen LogP contribution in [0, 0.1) is 0 Å². The second-order valence-electron chi connectivity index (χ2n) is 5.60. The number of nitrogens with one attached hydrogen (secondary N) is 2. The van der Waals surface area contributed by atoms with E-state index in [1.54, 1.807) is 18.2 Å². The lowest BCUT2D eigenvalue weighted by atomic mass is 9.99. The Morgan fingerprint density at radius 3 is 2.68 bits per heavy atom. The SMILES string of the molecule is CC1(c2ccco2)NC(=O)N(CC(=O)Nc2ccc(Cl)c(Cl)c2)C1=O. The highest BCUT2D eigenvalue weighted by molar-refractivity contribution is 6.42. The van der Waals surface area contributed by atoms with E-state index in [0.29, 0.717) is 16.5 Å². The number of benzene rings is 1. The van der Waals surface area contributed by atoms with E-state index in [0.717, 1.165) is 4.90 Å². The van der Waals surface area contributed by atoms with E-state index in [4.69, 9.17) is 27.6 Å². The van der Waals surface area contributed by atoms with Crippen LogP contribution in [0.3, 0.4) is 0 Å². The number of nitrogens with zero attached hydrogens (tertiary/aromatic N) is 1. The number of imide groups is 1. The number of rotatable bonds is 4. The molecule has 1 aliphatic heterocycles. The van der Waals surface area contributed by atoms with Crippen molar-refractivity contribution < 1.29 is 18.8 Å². The van der Waals surface area contributed by atoms with Gasteiger partial charge >= 0.3 is 6.03 Å². The first kappa shape index (κ1) is 17.3. The lowest BCUT2D eigenvalue weighted by Gasteiger charge is -2.18. The summed E-state index contributed by atoms with van der Waals surface area (Å²) in [7, 11) is 0. The Hall–Kier alpha value is -2.51. The van der Waals surface area contributed by atoms with Gasteiger partial charge in [0.05, 0.1) is 16.3 Å². The first-order valence-electron chi connectivity index (χ1n) is 7.24. The van der Waals surface area contributed by atoms with E-state index in [1.807, 2.05) is 0 Å². The lowest BCUT2D eigenvalue weighted by molar-refractivity contribution is -0.134. The molecule has 0 radical (unpaired) electrons. The molecule has 2 heterocycles. The fourth-order valence-corrected chi connectivity index (χ4v) is 2.79. The highest BCUT2D eigenvalue weighted by Crippen LogP contribution is 2.29. The van der Waals surface area contributed by atoms with Crippen LogP contribution in [-0.4, -0.2) is 29.3 Å². The van der Waals surface area contributed by atoms with E-state index < -0.39 is 29.9 Å². The van der Waals surface area contributed by atoms with Gasteiger partial charge < -0.3 is 15.1 Å². The second-order valence-corrected chi connectivity index (χ2v) is 6.42. The second kappa shape index (κ2) is 6.42. The van der Waals surface area contributed by atoms with Crippen LogP contribution < -0.4 is 10.6 Å². The Balaban J connectivity index is 1.72. The first-order chi connectivity index (χ1) is 11.8. The summed E-state index contributed by atoms with van der Waals surface area (Å²) in [6.45, 7) is 1.07. The molecule has 4 amide bonds. The van der Waals surface area contributed by atoms with Gasteiger partial charge in [-0.3, -0.25) is 14.5 Å². The van der Waals surface area contributed by atoms with E-state index in [2.05, 4.69) is 10.6 Å². The highest BCUT2D eigenvalue weighted by Gasteiger charge is 2.51. The smallest absolute Gasteiger partial charge is 0.325 e. The largest absolute Gasteiger partial charge is 0.466 e. The van der Waals surface area contributed by atoms with Crippen molar-refractivity contribution in [3.8, 4) is 0 Å². The molecule has 0 aliphatic carbocycles. The summed E-state index contributed by atoms with van der Waals surface area (Å²) in [5, 5.41) is 5.73. The van der Waals surface area contributed by atoms with Crippen molar-refractivity contribution in [2.45, 2.75) is 12.5 Å². The highest BCUT2D eigenvalue weighted by atomic mass is 35.5. The molecule has 1 unspecified atom stereocenters. The molecule has 1 aromatic heterocycles. The van der Waals surface area contributed by atoms with Crippen molar-refractivity contribution in [3.05, 3.63) is 52.4 Å². The maximum Gasteiger partial charge on any atom is 0.325 e. The summed E-state index contributed by atoms with van der Waals surface area (Å²) in [4.78, 5) is 37.7. The molecule has 1 aliphatic rings. The van der Waals surface area contributed by atoms with E-state index in [-0.39, 0.29) is 5.02 Å². The summed E-state index contributed by atoms with van der Waals surface area (Å²) in [6.07, 6.45) is 1.40. The summed E-state index contributed by atoms with van der Waals surface area (Å²) >= 11 is 11.7. The van der Waals surface area contributed by atoms with Gasteiger partial charge in [0.15, 0.2) is 5.54 Å². The molecule has 0 spiro atoms. The molecule has 130 valence electrons. The van der Waals surface area contributed by atoms with Gasteiger partial charge in [0.2, 0.25) is 5.91 Å². The number of hydrogen-bond donors (Lipinski definition) is 2. The van der Waals surface area contributed by atoms with Crippen LogP contribution in [0.2, 0.25) is 10.0 Å². The molecule has 0 saturated carbocycles. The molecule has 1 fully saturated rings. The summed E-state index contributed by atoms with van der Waals surface area (Å²) in [6, 6.07) is 7.08. The molecule has 3 rings (SSSR count). The van der Waals surface area contributed by atoms with Crippen LogP contribution in [0.25, 0.3) is 0 Å². The average Bonchev–Trinajstić information content (AvgIpc) is 3.16. The minimum Gasteiger partial charge on any atom is -0.466 e. The number of halogens is 2. The number of urea groups is 1. The van der Waals surface area contributed by atoms with Crippen molar-refractivity contribution >= 4 is 46.7 Å². The standard InChI is InChI=1S/C16H13Cl2N3O4/c1-16(12-3-2-6-25-12)14(23)21(15(24)20-16)8-13(22)19-9-4-5-10(17)11(18)7-9/h2-7H,8H2,1H3,(H,19,22)(H,20,24). The summed E-state index contributed by atoms with van der Waals surface area (Å²) in [5.74, 6) is -0.833. The van der Waals surface area contributed by atoms with Crippen molar-refractivity contribution in [3.63, 3.8) is 0 Å². The van der Waals surface area contributed by atoms with Gasteiger partial charge in [-0.1, -0.05) is 23.2 Å². The Morgan fingerprint density at radius 1 is 1.28 bits per heavy atom. The van der Waals surface area contributed by atoms with Crippen molar-refractivity contribution in [1.29, 1.82) is 0 Å². The fourth-order valence-electron chi connectivity index (χ4n) is 2.49. The zero-order valence-electron chi connectivity index (χ0n) is 13.0. The Kier molecular flexibility index (Phi) is 4.45. The number of carbonyl (C=O) groups is 3. The van der Waals surface area contributed by atoms with Crippen LogP contribution >= 0.6 is 23.2 Å². The lowest BCUT2D eigenvalue weighted by Crippen LogP contribution is -2.41. The van der Waals surface area contributed by atoms with Crippen molar-refractivity contribution in [2.75, 3.05) is 11.9 Å². The predicted octanol–water partition coefficient (Wildman–Crippen LogP) is 2.99. The Bertz CT molecular complexity index is 853. The minimum atomic E-state index is -1.34. The molecular weight excluding hydrogens is 369 g/mol. The zero-order chi connectivity index (χ0) is 18.2. The molecule has 2 aromatic rings. The van der Waals surface area contributed by atoms with Crippen LogP contribution in [0.4, 0.5) is 10.5 Å². The quantitative estimate of drug-likeness (QED) is 0.796. The number of carbonyl (C=O) groups excluding carboxylic acids is 3. The molecule has 0 bridgehead atoms. The number of hydrogen-bond acceptors (Lipinski definition) is 4. The molecule has 9 heteroatoms. The van der Waals surface area contributed by atoms with E-state index in [9.17, 15) is 14.4 Å². The number of furan rings is 1. The van der Waals surface area contributed by atoms with E-state index >= 15 is 0 Å². The Morgan fingerprint density at radius 2 is 2.04 bits per heavy atom. The molecular formula is C16H13Cl2N3O4. The molecule has 25 heavy (non-hydrogen) atoms. The Labute approximate surface area is 152 Å². The fraction of sp³-hybridized carbons (Fsp3) is 0.188. The minimum absolute atomic E-state index is 0.278. The van der Waals surface area contributed by atoms with Crippen molar-refractivity contribution in [2.24, 2.45) is 0 Å². The normalized spacial score (nSPS) is 19.9. The number of amides is 4. The first-order valence-corrected chi connectivity index (χ1v) is 8.00. The summed E-state index contributed by atoms with van der Waals surface area (Å²) < 4.78 is 5.22. The van der Waals surface area contributed by atoms with Gasteiger partial charge in [-0.05, 0) is 37.3 Å². The zero-order valence-corrected chi connectivity index (χ0v) is 14.5. The van der Waals surface area contributed by atoms with E-state index in [1.165, 1.54) is 25.3 Å². The predicted molar refractivity (Wildman–Crippen MR) is 91.4 cm³/mol. The van der Waals surface area contributed by atoms with Crippen LogP contribution in [0.5, 0.6) is 0 Å². The van der Waals surface area contributed by atoms with Gasteiger partial charge in [-0.2, -0.15) is 0 Å². The number of anilines is 1. The van der Waals surface area contributed by atoms with Gasteiger partial charge in [0.25, 0.3) is 5.91 Å². The van der Waals surface area contributed by atoms with Gasteiger partial charge in [0.1, 0.15) is 12.3 Å². The summed E-state index contributed by atoms with van der Waals surface area (Å²) in [5.41, 5.74) is -0.940. The van der Waals surface area contributed by atoms with Crippen LogP contribution in [0.15, 0.2) is 41.0 Å². The maximum atomic E-state index is 12.6. The van der Waals surface area contributed by atoms with Gasteiger partial charge in [-0.25, -0.2) is 4.79 Å².